The van der Waals surface area contributed by atoms with Crippen molar-refractivity contribution in [1.29, 1.82) is 0 Å². The number of nitrogens with zero attached hydrogens (tertiary/aromatic N) is 2. The van der Waals surface area contributed by atoms with E-state index in [0.717, 1.165) is 16.1 Å². The van der Waals surface area contributed by atoms with Gasteiger partial charge in [-0.05, 0) is 23.8 Å². The first-order chi connectivity index (χ1) is 14.1. The number of anilines is 1. The predicted molar refractivity (Wildman–Crippen MR) is 110 cm³/mol. The van der Waals surface area contributed by atoms with Crippen molar-refractivity contribution in [2.75, 3.05) is 17.3 Å². The summed E-state index contributed by atoms with van der Waals surface area (Å²) in [6, 6.07) is 21.7. The predicted octanol–water partition coefficient (Wildman–Crippen LogP) is 3.36. The summed E-state index contributed by atoms with van der Waals surface area (Å²) in [6.45, 7) is -0.448. The minimum atomic E-state index is -0.829. The summed E-state index contributed by atoms with van der Waals surface area (Å²) >= 11 is 1.69. The second-order valence-corrected chi connectivity index (χ2v) is 7.52. The number of esters is 1. The van der Waals surface area contributed by atoms with Crippen LogP contribution in [0.5, 0.6) is 0 Å². The molecule has 0 N–H and O–H groups in total. The van der Waals surface area contributed by atoms with E-state index in [2.05, 4.69) is 0 Å². The van der Waals surface area contributed by atoms with Crippen molar-refractivity contribution in [2.45, 2.75) is 10.9 Å². The molecule has 1 aromatic heterocycles. The van der Waals surface area contributed by atoms with Crippen molar-refractivity contribution >= 4 is 29.3 Å². The van der Waals surface area contributed by atoms with Crippen LogP contribution in [-0.4, -0.2) is 24.2 Å². The quantitative estimate of drug-likeness (QED) is 0.377. The number of ether oxygens (including phenoxy) is 1. The first-order valence-corrected chi connectivity index (χ1v) is 10.1. The number of fused-ring (bicyclic) bond motifs is 1. The zero-order chi connectivity index (χ0) is 20.2. The summed E-state index contributed by atoms with van der Waals surface area (Å²) in [5.74, 6) is -0.474. The highest BCUT2D eigenvalue weighted by atomic mass is 32.2. The Balaban J connectivity index is 1.58. The molecule has 0 fully saturated rings. The van der Waals surface area contributed by atoms with E-state index >= 15 is 0 Å². The minimum Gasteiger partial charge on any atom is -0.618 e. The van der Waals surface area contributed by atoms with Crippen LogP contribution in [0.25, 0.3) is 0 Å². The Kier molecular flexibility index (Phi) is 5.48. The molecule has 2 heterocycles. The number of pyridine rings is 1. The number of hydrogen-bond donors (Lipinski definition) is 0. The number of carbonyl (C=O) groups is 2. The van der Waals surface area contributed by atoms with E-state index in [0.29, 0.717) is 10.5 Å². The van der Waals surface area contributed by atoms with Crippen LogP contribution in [0.4, 0.5) is 5.69 Å². The van der Waals surface area contributed by atoms with E-state index in [1.54, 1.807) is 22.7 Å². The van der Waals surface area contributed by atoms with Crippen molar-refractivity contribution in [3.63, 3.8) is 0 Å². The standard InChI is InChI=1S/C22H18N2O4S/c25-21(14-28-22(26)18-11-6-7-13-23(18)27)24-17-10-4-5-12-20(17)29-15-19(24)16-8-2-1-3-9-16/h1-13,19H,14-15H2/t19-/m1/s1. The van der Waals surface area contributed by atoms with Crippen LogP contribution < -0.4 is 9.63 Å². The molecule has 3 aromatic rings. The van der Waals surface area contributed by atoms with Crippen molar-refractivity contribution in [3.05, 3.63) is 95.5 Å². The van der Waals surface area contributed by atoms with Crippen LogP contribution in [0.2, 0.25) is 0 Å². The first kappa shape index (κ1) is 19.0. The Morgan fingerprint density at radius 2 is 1.76 bits per heavy atom. The number of thioether (sulfide) groups is 1. The second kappa shape index (κ2) is 8.36. The molecule has 6 nitrogen and oxygen atoms in total. The molecule has 0 saturated carbocycles. The van der Waals surface area contributed by atoms with Crippen molar-refractivity contribution in [3.8, 4) is 0 Å². The zero-order valence-corrected chi connectivity index (χ0v) is 16.2. The average molecular weight is 406 g/mol. The number of para-hydroxylation sites is 1. The molecule has 0 unspecified atom stereocenters. The lowest BCUT2D eigenvalue weighted by molar-refractivity contribution is -0.608. The van der Waals surface area contributed by atoms with Crippen molar-refractivity contribution in [1.82, 2.24) is 0 Å². The largest absolute Gasteiger partial charge is 0.618 e. The van der Waals surface area contributed by atoms with Gasteiger partial charge in [0.1, 0.15) is 0 Å². The fourth-order valence-electron chi connectivity index (χ4n) is 3.28. The van der Waals surface area contributed by atoms with E-state index in [-0.39, 0.29) is 17.6 Å². The van der Waals surface area contributed by atoms with Gasteiger partial charge < -0.3 is 9.94 Å². The fraction of sp³-hybridized carbons (Fsp3) is 0.136. The molecule has 4 rings (SSSR count). The Bertz CT molecular complexity index is 1040. The second-order valence-electron chi connectivity index (χ2n) is 6.46. The number of amides is 1. The number of benzene rings is 2. The van der Waals surface area contributed by atoms with Crippen LogP contribution in [0.15, 0.2) is 83.9 Å². The van der Waals surface area contributed by atoms with Gasteiger partial charge in [0.2, 0.25) is 0 Å². The van der Waals surface area contributed by atoms with Crippen LogP contribution in [0.3, 0.4) is 0 Å². The molecular weight excluding hydrogens is 388 g/mol. The van der Waals surface area contributed by atoms with Gasteiger partial charge in [0, 0.05) is 22.8 Å². The Morgan fingerprint density at radius 1 is 1.03 bits per heavy atom. The minimum absolute atomic E-state index is 0.158. The molecule has 29 heavy (non-hydrogen) atoms. The van der Waals surface area contributed by atoms with Gasteiger partial charge in [-0.3, -0.25) is 9.69 Å². The van der Waals surface area contributed by atoms with E-state index in [1.165, 1.54) is 18.3 Å². The molecule has 0 spiro atoms. The molecule has 0 saturated heterocycles. The number of rotatable bonds is 4. The third-order valence-corrected chi connectivity index (χ3v) is 5.78. The normalized spacial score (nSPS) is 15.4. The Morgan fingerprint density at radius 3 is 2.55 bits per heavy atom. The summed E-state index contributed by atoms with van der Waals surface area (Å²) < 4.78 is 5.59. The van der Waals surface area contributed by atoms with Crippen LogP contribution in [0.1, 0.15) is 22.1 Å². The molecule has 0 radical (unpaired) electrons. The number of carbonyl (C=O) groups excluding carboxylic acids is 2. The molecule has 1 atom stereocenters. The highest BCUT2D eigenvalue weighted by Crippen LogP contribution is 2.43. The Hall–Kier alpha value is -3.32. The van der Waals surface area contributed by atoms with Crippen molar-refractivity contribution < 1.29 is 19.1 Å². The summed E-state index contributed by atoms with van der Waals surface area (Å²) in [6.07, 6.45) is 1.21. The fourth-order valence-corrected chi connectivity index (χ4v) is 4.44. The third kappa shape index (κ3) is 3.95. The van der Waals surface area contributed by atoms with Gasteiger partial charge in [0.25, 0.3) is 5.91 Å². The van der Waals surface area contributed by atoms with Gasteiger partial charge in [0.05, 0.1) is 11.7 Å². The lowest BCUT2D eigenvalue weighted by atomic mass is 10.1. The summed E-state index contributed by atoms with van der Waals surface area (Å²) in [5.41, 5.74) is 1.64. The molecule has 1 aliphatic rings. The van der Waals surface area contributed by atoms with Gasteiger partial charge in [0.15, 0.2) is 12.8 Å². The first-order valence-electron chi connectivity index (χ1n) is 9.09. The lowest BCUT2D eigenvalue weighted by Crippen LogP contribution is -2.42. The summed E-state index contributed by atoms with van der Waals surface area (Å²) in [5, 5.41) is 11.7. The Labute approximate surface area is 172 Å². The van der Waals surface area contributed by atoms with Crippen LogP contribution in [0, 0.1) is 5.21 Å². The molecule has 1 amide bonds. The molecule has 0 aliphatic carbocycles. The maximum absolute atomic E-state index is 13.1. The average Bonchev–Trinajstić information content (AvgIpc) is 2.77. The number of aromatic nitrogens is 1. The van der Waals surface area contributed by atoms with Gasteiger partial charge >= 0.3 is 11.7 Å². The third-order valence-electron chi connectivity index (χ3n) is 4.65. The van der Waals surface area contributed by atoms with Gasteiger partial charge in [-0.15, -0.1) is 11.8 Å². The van der Waals surface area contributed by atoms with Gasteiger partial charge in [-0.2, -0.15) is 4.73 Å². The van der Waals surface area contributed by atoms with E-state index in [4.69, 9.17) is 4.74 Å². The molecule has 1 aliphatic heterocycles. The van der Waals surface area contributed by atoms with E-state index in [1.807, 2.05) is 54.6 Å². The van der Waals surface area contributed by atoms with Crippen LogP contribution in [-0.2, 0) is 9.53 Å². The maximum Gasteiger partial charge on any atom is 0.405 e. The lowest BCUT2D eigenvalue weighted by Gasteiger charge is -2.37. The maximum atomic E-state index is 13.1. The van der Waals surface area contributed by atoms with Gasteiger partial charge in [-0.1, -0.05) is 42.5 Å². The van der Waals surface area contributed by atoms with Crippen LogP contribution >= 0.6 is 11.8 Å². The zero-order valence-electron chi connectivity index (χ0n) is 15.4. The highest BCUT2D eigenvalue weighted by molar-refractivity contribution is 7.99. The monoisotopic (exact) mass is 406 g/mol. The topological polar surface area (TPSA) is 73.6 Å². The van der Waals surface area contributed by atoms with E-state index in [9.17, 15) is 14.8 Å². The molecular formula is C22H18N2O4S. The number of hydrogen-bond acceptors (Lipinski definition) is 5. The molecule has 7 heteroatoms. The summed E-state index contributed by atoms with van der Waals surface area (Å²) in [7, 11) is 0. The SMILES string of the molecule is O=C(OCC(=O)N1c2ccccc2SC[C@@H]1c1ccccc1)c1cccc[n+]1[O-]. The molecule has 2 aromatic carbocycles. The highest BCUT2D eigenvalue weighted by Gasteiger charge is 2.33. The smallest absolute Gasteiger partial charge is 0.405 e. The molecule has 146 valence electrons. The van der Waals surface area contributed by atoms with E-state index < -0.39 is 12.6 Å². The summed E-state index contributed by atoms with van der Waals surface area (Å²) in [4.78, 5) is 28.0. The molecule has 0 bridgehead atoms. The van der Waals surface area contributed by atoms with Crippen molar-refractivity contribution in [2.24, 2.45) is 0 Å². The van der Waals surface area contributed by atoms with Gasteiger partial charge in [-0.25, -0.2) is 4.79 Å².